The van der Waals surface area contributed by atoms with Gasteiger partial charge in [0, 0.05) is 30.2 Å². The van der Waals surface area contributed by atoms with Gasteiger partial charge in [0.05, 0.1) is 18.0 Å². The lowest BCUT2D eigenvalue weighted by Gasteiger charge is -2.39. The highest BCUT2D eigenvalue weighted by molar-refractivity contribution is 7.89. The van der Waals surface area contributed by atoms with Gasteiger partial charge in [0.2, 0.25) is 10.0 Å². The van der Waals surface area contributed by atoms with Gasteiger partial charge in [-0.2, -0.15) is 18.3 Å². The summed E-state index contributed by atoms with van der Waals surface area (Å²) in [5.74, 6) is 0.115. The highest BCUT2D eigenvalue weighted by Gasteiger charge is 2.45. The highest BCUT2D eigenvalue weighted by atomic mass is 32.2. The van der Waals surface area contributed by atoms with Gasteiger partial charge in [0.25, 0.3) is 0 Å². The van der Waals surface area contributed by atoms with Crippen LogP contribution in [0.4, 0.5) is 13.2 Å². The van der Waals surface area contributed by atoms with Crippen LogP contribution in [0.5, 0.6) is 0 Å². The van der Waals surface area contributed by atoms with Crippen molar-refractivity contribution in [2.24, 2.45) is 11.8 Å². The van der Waals surface area contributed by atoms with Crippen molar-refractivity contribution < 1.29 is 21.6 Å². The van der Waals surface area contributed by atoms with E-state index in [0.29, 0.717) is 0 Å². The minimum atomic E-state index is -4.53. The molecule has 1 saturated carbocycles. The molecule has 8 nitrogen and oxygen atoms in total. The number of rotatable bonds is 4. The second-order valence-electron chi connectivity index (χ2n) is 7.98. The summed E-state index contributed by atoms with van der Waals surface area (Å²) in [4.78, 5) is 3.75. The molecule has 5 atom stereocenters. The fraction of sp³-hybridized carbons (Fsp3) is 0.556. The van der Waals surface area contributed by atoms with Gasteiger partial charge >= 0.3 is 6.18 Å². The summed E-state index contributed by atoms with van der Waals surface area (Å²) in [5, 5.41) is 3.91. The van der Waals surface area contributed by atoms with E-state index >= 15 is 0 Å². The molecule has 2 aromatic rings. The summed E-state index contributed by atoms with van der Waals surface area (Å²) >= 11 is 0. The van der Waals surface area contributed by atoms with Crippen LogP contribution in [0.3, 0.4) is 0 Å². The monoisotopic (exact) mass is 444 g/mol. The van der Waals surface area contributed by atoms with Crippen molar-refractivity contribution in [2.45, 2.75) is 55.9 Å². The Bertz CT molecular complexity index is 1020. The molecule has 5 unspecified atom stereocenters. The molecule has 0 bridgehead atoms. The van der Waals surface area contributed by atoms with Crippen molar-refractivity contribution >= 4 is 10.0 Å². The molecule has 1 saturated heterocycles. The summed E-state index contributed by atoms with van der Waals surface area (Å²) in [7, 11) is -3.92. The van der Waals surface area contributed by atoms with Gasteiger partial charge in [0.15, 0.2) is 5.82 Å². The second-order valence-corrected chi connectivity index (χ2v) is 9.70. The molecule has 2 fully saturated rings. The molecule has 0 spiro atoms. The van der Waals surface area contributed by atoms with Crippen molar-refractivity contribution in [1.29, 1.82) is 0 Å². The molecule has 1 aliphatic heterocycles. The zero-order valence-corrected chi connectivity index (χ0v) is 17.2. The quantitative estimate of drug-likeness (QED) is 0.666. The van der Waals surface area contributed by atoms with Gasteiger partial charge in [0.1, 0.15) is 4.90 Å². The number of pyridine rings is 1. The maximum absolute atomic E-state index is 13.0. The van der Waals surface area contributed by atoms with Gasteiger partial charge in [-0.3, -0.25) is 10.9 Å². The number of hydrogen-bond donors (Lipinski definition) is 3. The molecule has 4 rings (SSSR count). The molecule has 2 aliphatic rings. The number of aromatic nitrogens is 3. The fourth-order valence-corrected chi connectivity index (χ4v) is 5.65. The third kappa shape index (κ3) is 3.96. The lowest BCUT2D eigenvalue weighted by Crippen LogP contribution is -2.53. The van der Waals surface area contributed by atoms with Crippen LogP contribution < -0.4 is 15.6 Å². The molecule has 1 aliphatic carbocycles. The van der Waals surface area contributed by atoms with E-state index in [1.54, 1.807) is 0 Å². The minimum absolute atomic E-state index is 0.0868. The van der Waals surface area contributed by atoms with Crippen LogP contribution in [0.25, 0.3) is 5.82 Å². The van der Waals surface area contributed by atoms with Crippen molar-refractivity contribution in [2.75, 3.05) is 0 Å². The van der Waals surface area contributed by atoms with E-state index in [0.717, 1.165) is 42.0 Å². The predicted octanol–water partition coefficient (Wildman–Crippen LogP) is 1.84. The Morgan fingerprint density at radius 2 is 2.00 bits per heavy atom. The molecule has 3 heterocycles. The Kier molecular flexibility index (Phi) is 5.37. The Morgan fingerprint density at radius 3 is 2.73 bits per heavy atom. The molecule has 0 amide bonds. The Balaban J connectivity index is 1.58. The van der Waals surface area contributed by atoms with E-state index < -0.39 is 21.8 Å². The number of fused-ring (bicyclic) bond motifs is 1. The summed E-state index contributed by atoms with van der Waals surface area (Å²) in [6.45, 7) is 4.03. The number of nitrogens with zero attached hydrogens (tertiary/aromatic N) is 3. The van der Waals surface area contributed by atoms with Crippen LogP contribution in [0.15, 0.2) is 35.6 Å². The van der Waals surface area contributed by atoms with Crippen LogP contribution in [0.1, 0.15) is 32.3 Å². The summed E-state index contributed by atoms with van der Waals surface area (Å²) in [6, 6.07) is 1.67. The number of alkyl halides is 3. The SMILES string of the molecule is CC1CCC2NNC(C)C2C1NS(=O)(=O)c1cnn(-c2cc(C(F)(F)F)ccn2)c1. The van der Waals surface area contributed by atoms with E-state index in [-0.39, 0.29) is 40.7 Å². The molecule has 3 N–H and O–H groups in total. The van der Waals surface area contributed by atoms with Gasteiger partial charge in [-0.25, -0.2) is 22.8 Å². The third-order valence-corrected chi connectivity index (χ3v) is 7.38. The van der Waals surface area contributed by atoms with E-state index in [4.69, 9.17) is 0 Å². The highest BCUT2D eigenvalue weighted by Crippen LogP contribution is 2.35. The molecular formula is C18H23F3N6O2S. The number of hydrazine groups is 1. The maximum atomic E-state index is 13.0. The van der Waals surface area contributed by atoms with E-state index in [9.17, 15) is 21.6 Å². The van der Waals surface area contributed by atoms with Crippen molar-refractivity contribution in [3.8, 4) is 5.82 Å². The first kappa shape index (κ1) is 21.2. The van der Waals surface area contributed by atoms with Crippen LogP contribution in [0.2, 0.25) is 0 Å². The first-order valence-corrected chi connectivity index (χ1v) is 11.2. The summed E-state index contributed by atoms with van der Waals surface area (Å²) in [6.07, 6.45) is 0.602. The van der Waals surface area contributed by atoms with Crippen molar-refractivity contribution in [3.63, 3.8) is 0 Å². The van der Waals surface area contributed by atoms with Gasteiger partial charge in [-0.05, 0) is 37.8 Å². The van der Waals surface area contributed by atoms with E-state index in [1.807, 2.05) is 13.8 Å². The second kappa shape index (κ2) is 7.59. The summed E-state index contributed by atoms with van der Waals surface area (Å²) < 4.78 is 68.7. The van der Waals surface area contributed by atoms with Gasteiger partial charge < -0.3 is 0 Å². The van der Waals surface area contributed by atoms with Crippen molar-refractivity contribution in [3.05, 3.63) is 36.3 Å². The molecular weight excluding hydrogens is 421 g/mol. The van der Waals surface area contributed by atoms with Crippen LogP contribution in [-0.2, 0) is 16.2 Å². The zero-order chi connectivity index (χ0) is 21.7. The molecule has 0 radical (unpaired) electrons. The molecule has 12 heteroatoms. The lowest BCUT2D eigenvalue weighted by atomic mass is 9.73. The fourth-order valence-electron chi connectivity index (χ4n) is 4.34. The maximum Gasteiger partial charge on any atom is 0.416 e. The van der Waals surface area contributed by atoms with Crippen LogP contribution in [0, 0.1) is 11.8 Å². The molecule has 30 heavy (non-hydrogen) atoms. The smallest absolute Gasteiger partial charge is 0.254 e. The Hall–Kier alpha value is -2.02. The zero-order valence-electron chi connectivity index (χ0n) is 16.4. The van der Waals surface area contributed by atoms with E-state index in [1.165, 1.54) is 6.20 Å². The Morgan fingerprint density at radius 1 is 1.23 bits per heavy atom. The van der Waals surface area contributed by atoms with Crippen LogP contribution >= 0.6 is 0 Å². The number of nitrogens with one attached hydrogen (secondary N) is 3. The summed E-state index contributed by atoms with van der Waals surface area (Å²) in [5.41, 5.74) is 5.52. The van der Waals surface area contributed by atoms with Gasteiger partial charge in [-0.1, -0.05) is 6.92 Å². The standard InChI is InChI=1S/C18H23F3N6O2S/c1-10-3-4-14-16(11(2)24-25-14)17(10)26-30(28,29)13-8-23-27(9-13)15-7-12(5-6-22-15)18(19,20)21/h5-11,14,16-17,24-26H,3-4H2,1-2H3. The third-order valence-electron chi connectivity index (χ3n) is 5.97. The van der Waals surface area contributed by atoms with Crippen LogP contribution in [-0.4, -0.2) is 41.3 Å². The molecule has 164 valence electrons. The van der Waals surface area contributed by atoms with Crippen molar-refractivity contribution in [1.82, 2.24) is 30.3 Å². The largest absolute Gasteiger partial charge is 0.416 e. The van der Waals surface area contributed by atoms with E-state index in [2.05, 4.69) is 25.7 Å². The molecule has 0 aromatic carbocycles. The minimum Gasteiger partial charge on any atom is -0.254 e. The topological polar surface area (TPSA) is 101 Å². The first-order valence-electron chi connectivity index (χ1n) is 9.68. The lowest BCUT2D eigenvalue weighted by molar-refractivity contribution is -0.137. The number of halogens is 3. The predicted molar refractivity (Wildman–Crippen MR) is 102 cm³/mol. The molecule has 2 aromatic heterocycles. The number of sulfonamides is 1. The first-order chi connectivity index (χ1) is 14.1. The van der Waals surface area contributed by atoms with Gasteiger partial charge in [-0.15, -0.1) is 0 Å². The normalized spacial score (nSPS) is 29.7. The number of hydrogen-bond acceptors (Lipinski definition) is 6. The Labute approximate surface area is 172 Å². The average Bonchev–Trinajstić information content (AvgIpc) is 3.32. The average molecular weight is 444 g/mol.